The van der Waals surface area contributed by atoms with E-state index >= 15 is 0 Å². The summed E-state index contributed by atoms with van der Waals surface area (Å²) in [5.41, 5.74) is 16.6. The van der Waals surface area contributed by atoms with Crippen LogP contribution in [0.4, 0.5) is 0 Å². The van der Waals surface area contributed by atoms with Crippen molar-refractivity contribution < 1.29 is 0 Å². The molecule has 0 radical (unpaired) electrons. The van der Waals surface area contributed by atoms with E-state index in [1.54, 1.807) is 0 Å². The van der Waals surface area contributed by atoms with Gasteiger partial charge in [0.25, 0.3) is 6.71 Å². The summed E-state index contributed by atoms with van der Waals surface area (Å²) < 4.78 is 10.7. The predicted molar refractivity (Wildman–Crippen MR) is 361 cm³/mol. The van der Waals surface area contributed by atoms with Gasteiger partial charge in [-0.05, 0) is 147 Å². The van der Waals surface area contributed by atoms with Crippen molar-refractivity contribution in [2.75, 3.05) is 0 Å². The molecule has 0 spiro atoms. The first kappa shape index (κ1) is 43.7. The molecular weight excluding hydrogens is 1040 g/mol. The fourth-order valence-electron chi connectivity index (χ4n) is 16.1. The molecule has 6 heterocycles. The maximum absolute atomic E-state index is 2.71. The highest BCUT2D eigenvalue weighted by molar-refractivity contribution is 7.26. The van der Waals surface area contributed by atoms with Crippen LogP contribution in [0.3, 0.4) is 0 Å². The molecule has 378 valence electrons. The standard InChI is InChI=1S/C78H41BN2S2/c1-3-18-50-46(14-1)49-17-6-8-23-57(49)73-58(50)33-34-59-61-37-45(44-29-32-55-53-21-10-12-27-69(53)83-71(55)40-44)38-63-76(61)81(77(59)73)67-25-13-24-66-75(67)79(63)64-41-60-51-19-4-2-15-47(51)48-16-5-7-22-56(48)72(60)74-62-36-42(30-35-65(62)80(66)78(64)74)43-28-31-54-52-20-9-11-26-68(52)82-70(54)39-43/h1-41H. The highest BCUT2D eigenvalue weighted by atomic mass is 32.1. The van der Waals surface area contributed by atoms with E-state index in [0.717, 1.165) is 0 Å². The monoisotopic (exact) mass is 1080 g/mol. The molecule has 0 N–H and O–H groups in total. The summed E-state index contributed by atoms with van der Waals surface area (Å²) in [5.74, 6) is 0. The molecule has 4 aromatic heterocycles. The van der Waals surface area contributed by atoms with Gasteiger partial charge in [-0.15, -0.1) is 22.7 Å². The number of rotatable bonds is 2. The lowest BCUT2D eigenvalue weighted by atomic mass is 9.34. The average molecular weight is 1080 g/mol. The number of aromatic nitrogens is 2. The van der Waals surface area contributed by atoms with E-state index in [9.17, 15) is 0 Å². The first-order valence-electron chi connectivity index (χ1n) is 28.8. The summed E-state index contributed by atoms with van der Waals surface area (Å²) in [5, 5.41) is 26.0. The minimum Gasteiger partial charge on any atom is -0.310 e. The van der Waals surface area contributed by atoms with E-state index < -0.39 is 0 Å². The molecule has 0 unspecified atom stereocenters. The van der Waals surface area contributed by atoms with Crippen LogP contribution in [-0.4, -0.2) is 15.8 Å². The van der Waals surface area contributed by atoms with Crippen LogP contribution in [0.1, 0.15) is 0 Å². The van der Waals surface area contributed by atoms with Gasteiger partial charge in [-0.1, -0.05) is 194 Å². The normalized spacial score (nSPS) is 13.0. The average Bonchev–Trinajstić information content (AvgIpc) is 1.77. The molecule has 19 aromatic rings. The SMILES string of the molecule is c1cc2c3c(c1)-n1c4c(cc(-c5ccc6c(c5)sc5ccccc56)cc4c4ccc5c6ccccc6c6ccccc6c5c41)B3c1cc3c4ccccc4c4ccccc4c3c3c4cc(-c5ccc6c(c5)sc5ccccc56)ccc4n-2c13. The molecule has 0 bridgehead atoms. The highest BCUT2D eigenvalue weighted by Gasteiger charge is 2.42. The van der Waals surface area contributed by atoms with Crippen molar-refractivity contribution in [3.63, 3.8) is 0 Å². The lowest BCUT2D eigenvalue weighted by molar-refractivity contribution is 1.15. The summed E-state index contributed by atoms with van der Waals surface area (Å²) in [6.07, 6.45) is 0. The van der Waals surface area contributed by atoms with Crippen LogP contribution in [-0.2, 0) is 0 Å². The lowest BCUT2D eigenvalue weighted by Gasteiger charge is -2.34. The lowest BCUT2D eigenvalue weighted by Crippen LogP contribution is -2.59. The van der Waals surface area contributed by atoms with Gasteiger partial charge in [0, 0.05) is 89.6 Å². The molecule has 0 amide bonds. The minimum absolute atomic E-state index is 0.0823. The second-order valence-corrected chi connectivity index (χ2v) is 25.5. The van der Waals surface area contributed by atoms with Crippen molar-refractivity contribution in [2.24, 2.45) is 0 Å². The molecule has 0 atom stereocenters. The van der Waals surface area contributed by atoms with Crippen molar-refractivity contribution in [1.29, 1.82) is 0 Å². The molecule has 15 aromatic carbocycles. The van der Waals surface area contributed by atoms with Gasteiger partial charge in [0.15, 0.2) is 0 Å². The second kappa shape index (κ2) is 15.5. The van der Waals surface area contributed by atoms with Gasteiger partial charge in [-0.2, -0.15) is 0 Å². The number of thiophene rings is 2. The smallest absolute Gasteiger partial charge is 0.252 e. The van der Waals surface area contributed by atoms with Gasteiger partial charge in [0.1, 0.15) is 0 Å². The van der Waals surface area contributed by atoms with Crippen LogP contribution in [0, 0.1) is 0 Å². The third kappa shape index (κ3) is 5.46. The Bertz CT molecular complexity index is 6230. The van der Waals surface area contributed by atoms with Gasteiger partial charge in [0.05, 0.1) is 16.6 Å². The Labute approximate surface area is 482 Å². The Morgan fingerprint density at radius 2 is 0.687 bits per heavy atom. The Kier molecular flexibility index (Phi) is 8.16. The van der Waals surface area contributed by atoms with Crippen molar-refractivity contribution in [2.45, 2.75) is 0 Å². The summed E-state index contributed by atoms with van der Waals surface area (Å²) in [6.45, 7) is -0.0823. The number of nitrogens with zero attached hydrogens (tertiary/aromatic N) is 2. The highest BCUT2D eigenvalue weighted by Crippen LogP contribution is 2.49. The fraction of sp³-hybridized carbons (Fsp3) is 0. The Hall–Kier alpha value is -10.0. The van der Waals surface area contributed by atoms with Crippen LogP contribution >= 0.6 is 22.7 Å². The third-order valence-electron chi connectivity index (χ3n) is 19.4. The number of benzene rings is 15. The molecule has 2 aliphatic heterocycles. The molecule has 0 saturated carbocycles. The van der Waals surface area contributed by atoms with Gasteiger partial charge in [-0.25, -0.2) is 0 Å². The van der Waals surface area contributed by atoms with Gasteiger partial charge in [0.2, 0.25) is 0 Å². The van der Waals surface area contributed by atoms with Crippen molar-refractivity contribution >= 4 is 194 Å². The van der Waals surface area contributed by atoms with Crippen molar-refractivity contribution in [1.82, 2.24) is 9.13 Å². The van der Waals surface area contributed by atoms with Crippen molar-refractivity contribution in [3.05, 3.63) is 249 Å². The van der Waals surface area contributed by atoms with E-state index in [2.05, 4.69) is 258 Å². The Balaban J connectivity index is 0.942. The van der Waals surface area contributed by atoms with Crippen LogP contribution in [0.25, 0.3) is 182 Å². The Morgan fingerprint density at radius 1 is 0.241 bits per heavy atom. The summed E-state index contributed by atoms with van der Waals surface area (Å²) >= 11 is 3.79. The van der Waals surface area contributed by atoms with E-state index in [1.165, 1.54) is 199 Å². The number of hydrogen-bond donors (Lipinski definition) is 0. The Morgan fingerprint density at radius 3 is 1.33 bits per heavy atom. The maximum Gasteiger partial charge on any atom is 0.252 e. The zero-order valence-corrected chi connectivity index (χ0v) is 46.1. The quantitative estimate of drug-likeness (QED) is 0.121. The zero-order chi connectivity index (χ0) is 53.5. The zero-order valence-electron chi connectivity index (χ0n) is 44.5. The molecule has 2 nitrogen and oxygen atoms in total. The topological polar surface area (TPSA) is 9.86 Å². The molecule has 0 saturated heterocycles. The van der Waals surface area contributed by atoms with E-state index in [1.807, 2.05) is 22.7 Å². The minimum atomic E-state index is -0.0823. The van der Waals surface area contributed by atoms with Crippen LogP contribution in [0.15, 0.2) is 249 Å². The van der Waals surface area contributed by atoms with Crippen LogP contribution < -0.4 is 16.4 Å². The van der Waals surface area contributed by atoms with Crippen LogP contribution in [0.2, 0.25) is 0 Å². The van der Waals surface area contributed by atoms with Gasteiger partial charge in [-0.3, -0.25) is 0 Å². The molecular formula is C78H41BN2S2. The van der Waals surface area contributed by atoms with Gasteiger partial charge >= 0.3 is 0 Å². The van der Waals surface area contributed by atoms with Crippen LogP contribution in [0.5, 0.6) is 0 Å². The molecule has 83 heavy (non-hydrogen) atoms. The molecule has 0 aliphatic carbocycles. The van der Waals surface area contributed by atoms with E-state index in [-0.39, 0.29) is 6.71 Å². The summed E-state index contributed by atoms with van der Waals surface area (Å²) in [6, 6.07) is 95.7. The predicted octanol–water partition coefficient (Wildman–Crippen LogP) is 20.0. The molecule has 2 aliphatic rings. The van der Waals surface area contributed by atoms with Crippen molar-refractivity contribution in [3.8, 4) is 33.6 Å². The third-order valence-corrected chi connectivity index (χ3v) is 21.7. The first-order valence-corrected chi connectivity index (χ1v) is 30.5. The summed E-state index contributed by atoms with van der Waals surface area (Å²) in [4.78, 5) is 0. The van der Waals surface area contributed by atoms with Gasteiger partial charge < -0.3 is 9.13 Å². The molecule has 0 fully saturated rings. The first-order chi connectivity index (χ1) is 41.2. The van der Waals surface area contributed by atoms with E-state index in [4.69, 9.17) is 0 Å². The molecule has 21 rings (SSSR count). The maximum atomic E-state index is 2.71. The number of hydrogen-bond acceptors (Lipinski definition) is 2. The number of fused-ring (bicyclic) bond motifs is 30. The molecule has 5 heteroatoms. The fourth-order valence-corrected chi connectivity index (χ4v) is 18.4. The van der Waals surface area contributed by atoms with E-state index in [0.29, 0.717) is 0 Å². The largest absolute Gasteiger partial charge is 0.310 e. The second-order valence-electron chi connectivity index (χ2n) is 23.3. The summed E-state index contributed by atoms with van der Waals surface area (Å²) in [7, 11) is 0.